The lowest BCUT2D eigenvalue weighted by Gasteiger charge is -2.13. The van der Waals surface area contributed by atoms with Crippen molar-refractivity contribution in [2.45, 2.75) is 17.9 Å². The highest BCUT2D eigenvalue weighted by Gasteiger charge is 2.31. The van der Waals surface area contributed by atoms with E-state index < -0.39 is 23.6 Å². The number of halogens is 5. The molecule has 4 aromatic rings. The first-order valence-electron chi connectivity index (χ1n) is 11.5. The number of benzene rings is 3. The van der Waals surface area contributed by atoms with Crippen molar-refractivity contribution in [2.75, 3.05) is 17.7 Å². The molecule has 14 heteroatoms. The van der Waals surface area contributed by atoms with E-state index in [0.29, 0.717) is 22.3 Å². The van der Waals surface area contributed by atoms with E-state index in [4.69, 9.17) is 27.9 Å². The second-order valence-corrected chi connectivity index (χ2v) is 9.91. The van der Waals surface area contributed by atoms with Gasteiger partial charge in [-0.05, 0) is 48.5 Å². The van der Waals surface area contributed by atoms with Crippen LogP contribution in [0.5, 0.6) is 5.75 Å². The van der Waals surface area contributed by atoms with Gasteiger partial charge in [-0.3, -0.25) is 14.2 Å². The highest BCUT2D eigenvalue weighted by atomic mass is 35.5. The fraction of sp³-hybridized carbons (Fsp3) is 0.154. The summed E-state index contributed by atoms with van der Waals surface area (Å²) in [5.41, 5.74) is -0.535. The summed E-state index contributed by atoms with van der Waals surface area (Å²) in [4.78, 5) is 24.9. The van der Waals surface area contributed by atoms with Gasteiger partial charge in [-0.25, -0.2) is 0 Å². The van der Waals surface area contributed by atoms with Crippen molar-refractivity contribution in [3.8, 4) is 11.4 Å². The number of carbonyl (C=O) groups is 2. The third kappa shape index (κ3) is 7.90. The average molecular weight is 610 g/mol. The predicted molar refractivity (Wildman–Crippen MR) is 146 cm³/mol. The molecule has 0 aliphatic heterocycles. The van der Waals surface area contributed by atoms with E-state index in [9.17, 15) is 22.8 Å². The highest BCUT2D eigenvalue weighted by molar-refractivity contribution is 7.99. The number of aromatic nitrogens is 3. The number of rotatable bonds is 10. The van der Waals surface area contributed by atoms with Gasteiger partial charge in [-0.15, -0.1) is 10.2 Å². The number of carbonyl (C=O) groups excluding carboxylic acids is 2. The Hall–Kier alpha value is -3.74. The van der Waals surface area contributed by atoms with E-state index in [1.807, 2.05) is 6.07 Å². The zero-order chi connectivity index (χ0) is 28.7. The average Bonchev–Trinajstić information content (AvgIpc) is 3.33. The van der Waals surface area contributed by atoms with Crippen LogP contribution in [0.1, 0.15) is 11.4 Å². The van der Waals surface area contributed by atoms with Crippen molar-refractivity contribution in [1.29, 1.82) is 0 Å². The number of amides is 2. The number of nitrogens with zero attached hydrogens (tertiary/aromatic N) is 3. The number of para-hydroxylation sites is 1. The fourth-order valence-electron chi connectivity index (χ4n) is 3.39. The van der Waals surface area contributed by atoms with Crippen LogP contribution in [0.15, 0.2) is 78.0 Å². The second kappa shape index (κ2) is 13.1. The van der Waals surface area contributed by atoms with Gasteiger partial charge in [0.05, 0.1) is 34.3 Å². The highest BCUT2D eigenvalue weighted by Crippen LogP contribution is 2.34. The second-order valence-electron chi connectivity index (χ2n) is 8.12. The summed E-state index contributed by atoms with van der Waals surface area (Å²) in [7, 11) is 0. The monoisotopic (exact) mass is 609 g/mol. The van der Waals surface area contributed by atoms with Crippen LogP contribution in [0.2, 0.25) is 10.0 Å². The first-order chi connectivity index (χ1) is 19.1. The van der Waals surface area contributed by atoms with Crippen LogP contribution in [-0.4, -0.2) is 38.9 Å². The fourth-order valence-corrected chi connectivity index (χ4v) is 4.51. The standard InChI is InChI=1S/C26H20Cl2F3N5O3S/c27-17-5-4-6-18(12-17)36-22(13-32-23(37)14-39-19-7-2-1-3-8-19)34-35-25(36)40-15-24(38)33-21-11-16(26(29,30)31)9-10-20(21)28/h1-12H,13-15H2,(H,32,37)(H,33,38). The third-order valence-electron chi connectivity index (χ3n) is 5.22. The molecule has 0 bridgehead atoms. The molecule has 40 heavy (non-hydrogen) atoms. The molecule has 0 saturated heterocycles. The van der Waals surface area contributed by atoms with Crippen LogP contribution in [0.4, 0.5) is 18.9 Å². The van der Waals surface area contributed by atoms with E-state index in [1.54, 1.807) is 53.1 Å². The molecule has 8 nitrogen and oxygen atoms in total. The predicted octanol–water partition coefficient (Wildman–Crippen LogP) is 6.02. The molecule has 1 aromatic heterocycles. The Morgan fingerprint density at radius 3 is 2.45 bits per heavy atom. The number of thioether (sulfide) groups is 1. The minimum absolute atomic E-state index is 0.0108. The lowest BCUT2D eigenvalue weighted by molar-refractivity contribution is -0.137. The van der Waals surface area contributed by atoms with Gasteiger partial charge in [0.2, 0.25) is 5.91 Å². The van der Waals surface area contributed by atoms with Gasteiger partial charge in [0.1, 0.15) is 5.75 Å². The molecule has 0 aliphatic carbocycles. The number of anilines is 1. The molecule has 0 atom stereocenters. The SMILES string of the molecule is O=C(COc1ccccc1)NCc1nnc(SCC(=O)Nc2cc(C(F)(F)F)ccc2Cl)n1-c1cccc(Cl)c1. The van der Waals surface area contributed by atoms with Crippen LogP contribution >= 0.6 is 35.0 Å². The molecule has 0 aliphatic rings. The van der Waals surface area contributed by atoms with Gasteiger partial charge in [0.15, 0.2) is 17.6 Å². The number of ether oxygens (including phenoxy) is 1. The Kier molecular flexibility index (Phi) is 9.56. The minimum Gasteiger partial charge on any atom is -0.484 e. The topological polar surface area (TPSA) is 98.1 Å². The van der Waals surface area contributed by atoms with Crippen LogP contribution in [0, 0.1) is 0 Å². The maximum absolute atomic E-state index is 13.1. The zero-order valence-corrected chi connectivity index (χ0v) is 22.7. The van der Waals surface area contributed by atoms with Crippen LogP contribution in [0.3, 0.4) is 0 Å². The minimum atomic E-state index is -4.59. The maximum Gasteiger partial charge on any atom is 0.416 e. The van der Waals surface area contributed by atoms with Crippen LogP contribution in [-0.2, 0) is 22.3 Å². The van der Waals surface area contributed by atoms with Crippen LogP contribution in [0.25, 0.3) is 5.69 Å². The van der Waals surface area contributed by atoms with Crippen molar-refractivity contribution in [3.05, 3.63) is 94.2 Å². The van der Waals surface area contributed by atoms with E-state index in [1.165, 1.54) is 0 Å². The lowest BCUT2D eigenvalue weighted by Crippen LogP contribution is -2.29. The van der Waals surface area contributed by atoms with Crippen molar-refractivity contribution >= 4 is 52.5 Å². The zero-order valence-electron chi connectivity index (χ0n) is 20.4. The van der Waals surface area contributed by atoms with Crippen molar-refractivity contribution < 1.29 is 27.5 Å². The molecule has 0 spiro atoms. The van der Waals surface area contributed by atoms with Crippen LogP contribution < -0.4 is 15.4 Å². The number of hydrogen-bond donors (Lipinski definition) is 2. The number of nitrogens with one attached hydrogen (secondary N) is 2. The molecular formula is C26H20Cl2F3N5O3S. The Morgan fingerprint density at radius 1 is 0.950 bits per heavy atom. The van der Waals surface area contributed by atoms with Gasteiger partial charge < -0.3 is 15.4 Å². The summed E-state index contributed by atoms with van der Waals surface area (Å²) in [6.07, 6.45) is -4.59. The Balaban J connectivity index is 1.45. The lowest BCUT2D eigenvalue weighted by atomic mass is 10.2. The third-order valence-corrected chi connectivity index (χ3v) is 6.72. The van der Waals surface area contributed by atoms with Gasteiger partial charge in [0, 0.05) is 5.02 Å². The molecule has 4 rings (SSSR count). The molecule has 0 fully saturated rings. The summed E-state index contributed by atoms with van der Waals surface area (Å²) in [6, 6.07) is 18.3. The van der Waals surface area contributed by atoms with Gasteiger partial charge in [0.25, 0.3) is 5.91 Å². The maximum atomic E-state index is 13.1. The molecule has 2 N–H and O–H groups in total. The van der Waals surface area contributed by atoms with E-state index in [-0.39, 0.29) is 34.8 Å². The van der Waals surface area contributed by atoms with Crippen molar-refractivity contribution in [3.63, 3.8) is 0 Å². The molecule has 208 valence electrons. The molecule has 1 heterocycles. The Labute approximate surface area is 240 Å². The van der Waals surface area contributed by atoms with E-state index in [2.05, 4.69) is 20.8 Å². The van der Waals surface area contributed by atoms with Gasteiger partial charge >= 0.3 is 6.18 Å². The summed E-state index contributed by atoms with van der Waals surface area (Å²) in [5, 5.41) is 14.1. The Morgan fingerprint density at radius 2 is 1.73 bits per heavy atom. The Bertz CT molecular complexity index is 1500. The summed E-state index contributed by atoms with van der Waals surface area (Å²) < 4.78 is 46.2. The van der Waals surface area contributed by atoms with Crippen molar-refractivity contribution in [1.82, 2.24) is 20.1 Å². The van der Waals surface area contributed by atoms with Crippen molar-refractivity contribution in [2.24, 2.45) is 0 Å². The summed E-state index contributed by atoms with van der Waals surface area (Å²) >= 11 is 13.1. The smallest absolute Gasteiger partial charge is 0.416 e. The number of hydrogen-bond acceptors (Lipinski definition) is 6. The van der Waals surface area contributed by atoms with E-state index >= 15 is 0 Å². The first kappa shape index (κ1) is 29.2. The first-order valence-corrected chi connectivity index (χ1v) is 13.3. The molecule has 2 amide bonds. The largest absolute Gasteiger partial charge is 0.484 e. The summed E-state index contributed by atoms with van der Waals surface area (Å²) in [6.45, 7) is -0.224. The number of alkyl halides is 3. The molecule has 0 radical (unpaired) electrons. The molecule has 3 aromatic carbocycles. The van der Waals surface area contributed by atoms with Gasteiger partial charge in [-0.1, -0.05) is 59.2 Å². The molecule has 0 saturated carbocycles. The normalized spacial score (nSPS) is 11.2. The molecular weight excluding hydrogens is 590 g/mol. The quantitative estimate of drug-likeness (QED) is 0.213. The van der Waals surface area contributed by atoms with E-state index in [0.717, 1.165) is 30.0 Å². The molecule has 0 unspecified atom stereocenters. The van der Waals surface area contributed by atoms with Gasteiger partial charge in [-0.2, -0.15) is 13.2 Å². The summed E-state index contributed by atoms with van der Waals surface area (Å²) in [5.74, 6) is -0.333.